The lowest BCUT2D eigenvalue weighted by Crippen LogP contribution is -2.43. The van der Waals surface area contributed by atoms with Gasteiger partial charge in [0.25, 0.3) is 0 Å². The van der Waals surface area contributed by atoms with Crippen molar-refractivity contribution in [3.05, 3.63) is 0 Å². The van der Waals surface area contributed by atoms with Crippen molar-refractivity contribution in [2.45, 2.75) is 25.3 Å². The third-order valence-corrected chi connectivity index (χ3v) is 2.22. The number of nitrogens with zero attached hydrogens (tertiary/aromatic N) is 1. The Bertz CT molecular complexity index is 220. The SMILES string of the molecule is C#CCNC(=O)[C@H](CCCCN)N(C)C. The molecule has 0 aromatic rings. The Morgan fingerprint density at radius 2 is 2.20 bits per heavy atom. The minimum Gasteiger partial charge on any atom is -0.344 e. The molecule has 0 unspecified atom stereocenters. The number of amides is 1. The summed E-state index contributed by atoms with van der Waals surface area (Å²) in [5.74, 6) is 2.38. The lowest BCUT2D eigenvalue weighted by atomic mass is 10.1. The summed E-state index contributed by atoms with van der Waals surface area (Å²) in [6, 6.07) is -0.107. The van der Waals surface area contributed by atoms with E-state index in [1.807, 2.05) is 19.0 Å². The summed E-state index contributed by atoms with van der Waals surface area (Å²) in [6.45, 7) is 0.964. The lowest BCUT2D eigenvalue weighted by molar-refractivity contribution is -0.125. The second kappa shape index (κ2) is 8.27. The van der Waals surface area contributed by atoms with Crippen molar-refractivity contribution in [2.75, 3.05) is 27.2 Å². The number of nitrogens with one attached hydrogen (secondary N) is 1. The number of carbonyl (C=O) groups is 1. The minimum absolute atomic E-state index is 0.00466. The van der Waals surface area contributed by atoms with Gasteiger partial charge in [0, 0.05) is 0 Å². The van der Waals surface area contributed by atoms with Crippen molar-refractivity contribution in [1.82, 2.24) is 10.2 Å². The molecule has 0 aliphatic carbocycles. The van der Waals surface area contributed by atoms with Crippen LogP contribution in [0.25, 0.3) is 0 Å². The molecule has 0 saturated heterocycles. The second-order valence-electron chi connectivity index (χ2n) is 3.69. The first-order valence-corrected chi connectivity index (χ1v) is 5.21. The van der Waals surface area contributed by atoms with Gasteiger partial charge in [0.1, 0.15) is 0 Å². The first kappa shape index (κ1) is 13.9. The second-order valence-corrected chi connectivity index (χ2v) is 3.69. The highest BCUT2D eigenvalue weighted by Crippen LogP contribution is 2.05. The molecule has 1 amide bonds. The molecular weight excluding hydrogens is 190 g/mol. The number of terminal acetylenes is 1. The van der Waals surface area contributed by atoms with E-state index < -0.39 is 0 Å². The van der Waals surface area contributed by atoms with E-state index >= 15 is 0 Å². The average Bonchev–Trinajstić information content (AvgIpc) is 2.20. The van der Waals surface area contributed by atoms with Gasteiger partial charge in [-0.15, -0.1) is 6.42 Å². The minimum atomic E-state index is -0.107. The molecule has 0 bridgehead atoms. The molecule has 0 aromatic heterocycles. The molecule has 4 nitrogen and oxygen atoms in total. The number of carbonyl (C=O) groups excluding carboxylic acids is 1. The quantitative estimate of drug-likeness (QED) is 0.453. The number of hydrogen-bond donors (Lipinski definition) is 2. The van der Waals surface area contributed by atoms with Gasteiger partial charge in [-0.3, -0.25) is 9.69 Å². The van der Waals surface area contributed by atoms with E-state index in [2.05, 4.69) is 11.2 Å². The Kier molecular flexibility index (Phi) is 7.69. The van der Waals surface area contributed by atoms with Crippen LogP contribution in [0.2, 0.25) is 0 Å². The Balaban J connectivity index is 4.02. The summed E-state index contributed by atoms with van der Waals surface area (Å²) in [6.07, 6.45) is 7.81. The van der Waals surface area contributed by atoms with E-state index in [4.69, 9.17) is 12.2 Å². The lowest BCUT2D eigenvalue weighted by Gasteiger charge is -2.22. The van der Waals surface area contributed by atoms with Crippen LogP contribution in [0.3, 0.4) is 0 Å². The zero-order chi connectivity index (χ0) is 11.7. The van der Waals surface area contributed by atoms with Crippen molar-refractivity contribution in [2.24, 2.45) is 5.73 Å². The van der Waals surface area contributed by atoms with Gasteiger partial charge in [-0.25, -0.2) is 0 Å². The van der Waals surface area contributed by atoms with Crippen LogP contribution >= 0.6 is 0 Å². The van der Waals surface area contributed by atoms with Crippen LogP contribution in [-0.2, 0) is 4.79 Å². The van der Waals surface area contributed by atoms with Crippen molar-refractivity contribution < 1.29 is 4.79 Å². The van der Waals surface area contributed by atoms with Gasteiger partial charge in [-0.1, -0.05) is 12.3 Å². The summed E-state index contributed by atoms with van der Waals surface area (Å²) in [5.41, 5.74) is 5.41. The number of rotatable bonds is 7. The molecule has 86 valence electrons. The summed E-state index contributed by atoms with van der Waals surface area (Å²) in [4.78, 5) is 13.6. The molecule has 0 rings (SSSR count). The fourth-order valence-electron chi connectivity index (χ4n) is 1.36. The van der Waals surface area contributed by atoms with Gasteiger partial charge < -0.3 is 11.1 Å². The standard InChI is InChI=1S/C11H21N3O/c1-4-9-13-11(15)10(14(2)3)7-5-6-8-12/h1,10H,5-9,12H2,2-3H3,(H,13,15)/t10-/m0/s1. The van der Waals surface area contributed by atoms with Crippen LogP contribution < -0.4 is 11.1 Å². The maximum absolute atomic E-state index is 11.7. The Morgan fingerprint density at radius 1 is 1.53 bits per heavy atom. The third kappa shape index (κ3) is 6.10. The van der Waals surface area contributed by atoms with Gasteiger partial charge in [0.15, 0.2) is 0 Å². The van der Waals surface area contributed by atoms with Crippen LogP contribution in [0, 0.1) is 12.3 Å². The molecule has 0 aliphatic heterocycles. The van der Waals surface area contributed by atoms with Gasteiger partial charge in [0.2, 0.25) is 5.91 Å². The zero-order valence-electron chi connectivity index (χ0n) is 9.62. The van der Waals surface area contributed by atoms with E-state index in [0.29, 0.717) is 13.1 Å². The van der Waals surface area contributed by atoms with Crippen LogP contribution in [-0.4, -0.2) is 44.0 Å². The van der Waals surface area contributed by atoms with E-state index in [1.54, 1.807) is 0 Å². The van der Waals surface area contributed by atoms with Crippen molar-refractivity contribution in [3.8, 4) is 12.3 Å². The van der Waals surface area contributed by atoms with Gasteiger partial charge >= 0.3 is 0 Å². The molecule has 0 saturated carbocycles. The van der Waals surface area contributed by atoms with E-state index in [1.165, 1.54) is 0 Å². The number of unbranched alkanes of at least 4 members (excludes halogenated alkanes) is 1. The average molecular weight is 211 g/mol. The Hall–Kier alpha value is -1.05. The Labute approximate surface area is 92.2 Å². The van der Waals surface area contributed by atoms with Crippen molar-refractivity contribution in [1.29, 1.82) is 0 Å². The predicted molar refractivity (Wildman–Crippen MR) is 62.2 cm³/mol. The summed E-state index contributed by atoms with van der Waals surface area (Å²) in [5, 5.41) is 2.69. The monoisotopic (exact) mass is 211 g/mol. The third-order valence-electron chi connectivity index (χ3n) is 2.22. The first-order chi connectivity index (χ1) is 7.13. The molecule has 4 heteroatoms. The normalized spacial score (nSPS) is 12.2. The van der Waals surface area contributed by atoms with Crippen molar-refractivity contribution in [3.63, 3.8) is 0 Å². The fraction of sp³-hybridized carbons (Fsp3) is 0.727. The highest BCUT2D eigenvalue weighted by atomic mass is 16.2. The summed E-state index contributed by atoms with van der Waals surface area (Å²) in [7, 11) is 3.78. The maximum atomic E-state index is 11.7. The number of nitrogens with two attached hydrogens (primary N) is 1. The van der Waals surface area contributed by atoms with E-state index in [9.17, 15) is 4.79 Å². The topological polar surface area (TPSA) is 58.4 Å². The van der Waals surface area contributed by atoms with E-state index in [0.717, 1.165) is 19.3 Å². The predicted octanol–water partition coefficient (Wildman–Crippen LogP) is -0.205. The zero-order valence-corrected chi connectivity index (χ0v) is 9.62. The van der Waals surface area contributed by atoms with Crippen LogP contribution in [0.4, 0.5) is 0 Å². The molecule has 0 aliphatic rings. The molecule has 0 heterocycles. The molecule has 15 heavy (non-hydrogen) atoms. The highest BCUT2D eigenvalue weighted by molar-refractivity contribution is 5.81. The largest absolute Gasteiger partial charge is 0.344 e. The summed E-state index contributed by atoms with van der Waals surface area (Å²) < 4.78 is 0. The Morgan fingerprint density at radius 3 is 2.67 bits per heavy atom. The molecule has 3 N–H and O–H groups in total. The molecule has 0 fully saturated rings. The highest BCUT2D eigenvalue weighted by Gasteiger charge is 2.19. The van der Waals surface area contributed by atoms with Gasteiger partial charge in [0.05, 0.1) is 12.6 Å². The fourth-order valence-corrected chi connectivity index (χ4v) is 1.36. The van der Waals surface area contributed by atoms with E-state index in [-0.39, 0.29) is 11.9 Å². The van der Waals surface area contributed by atoms with Crippen molar-refractivity contribution >= 4 is 5.91 Å². The molecule has 0 aromatic carbocycles. The van der Waals surface area contributed by atoms with Crippen LogP contribution in [0.1, 0.15) is 19.3 Å². The molecule has 0 spiro atoms. The van der Waals surface area contributed by atoms with Gasteiger partial charge in [-0.2, -0.15) is 0 Å². The number of hydrogen-bond acceptors (Lipinski definition) is 3. The number of likely N-dealkylation sites (N-methyl/N-ethyl adjacent to an activating group) is 1. The molecular formula is C11H21N3O. The smallest absolute Gasteiger partial charge is 0.238 e. The maximum Gasteiger partial charge on any atom is 0.238 e. The first-order valence-electron chi connectivity index (χ1n) is 5.21. The van der Waals surface area contributed by atoms with Gasteiger partial charge in [-0.05, 0) is 33.5 Å². The summed E-state index contributed by atoms with van der Waals surface area (Å²) >= 11 is 0. The van der Waals surface area contributed by atoms with Crippen LogP contribution in [0.5, 0.6) is 0 Å². The van der Waals surface area contributed by atoms with Crippen LogP contribution in [0.15, 0.2) is 0 Å². The molecule has 1 atom stereocenters. The molecule has 0 radical (unpaired) electrons.